The molecule has 3 rings (SSSR count). The van der Waals surface area contributed by atoms with Gasteiger partial charge >= 0.3 is 5.97 Å². The second-order valence-electron chi connectivity index (χ2n) is 4.74. The van der Waals surface area contributed by atoms with Crippen LogP contribution in [-0.4, -0.2) is 23.5 Å². The van der Waals surface area contributed by atoms with E-state index in [0.717, 1.165) is 16.5 Å². The van der Waals surface area contributed by atoms with E-state index in [4.69, 9.17) is 5.11 Å². The van der Waals surface area contributed by atoms with Crippen LogP contribution in [0, 0.1) is 5.92 Å². The number of hydrogen-bond acceptors (Lipinski definition) is 2. The molecular weight excluding hydrogens is 242 g/mol. The highest BCUT2D eigenvalue weighted by atomic mass is 16.4. The molecule has 0 radical (unpaired) electrons. The first-order valence-electron chi connectivity index (χ1n) is 6.18. The zero-order valence-electron chi connectivity index (χ0n) is 10.2. The second-order valence-corrected chi connectivity index (χ2v) is 4.74. The van der Waals surface area contributed by atoms with Gasteiger partial charge in [0.05, 0.1) is 11.6 Å². The van der Waals surface area contributed by atoms with Crippen LogP contribution in [0.2, 0.25) is 0 Å². The zero-order chi connectivity index (χ0) is 13.4. The van der Waals surface area contributed by atoms with Crippen LogP contribution in [0.25, 0.3) is 10.8 Å². The minimum Gasteiger partial charge on any atom is -0.481 e. The van der Waals surface area contributed by atoms with Gasteiger partial charge < -0.3 is 10.0 Å². The van der Waals surface area contributed by atoms with E-state index >= 15 is 0 Å². The Hall–Kier alpha value is -2.36. The van der Waals surface area contributed by atoms with Crippen molar-refractivity contribution >= 4 is 28.3 Å². The van der Waals surface area contributed by atoms with Crippen molar-refractivity contribution in [3.63, 3.8) is 0 Å². The summed E-state index contributed by atoms with van der Waals surface area (Å²) in [6, 6.07) is 13.5. The predicted octanol–water partition coefficient (Wildman–Crippen LogP) is 2.28. The Morgan fingerprint density at radius 2 is 1.89 bits per heavy atom. The molecule has 0 aliphatic carbocycles. The monoisotopic (exact) mass is 255 g/mol. The molecule has 0 bridgehead atoms. The third-order valence-electron chi connectivity index (χ3n) is 3.53. The Balaban J connectivity index is 2.05. The van der Waals surface area contributed by atoms with Gasteiger partial charge in [0.25, 0.3) is 0 Å². The van der Waals surface area contributed by atoms with Crippen LogP contribution < -0.4 is 4.90 Å². The van der Waals surface area contributed by atoms with Gasteiger partial charge in [0, 0.05) is 18.4 Å². The van der Waals surface area contributed by atoms with Crippen molar-refractivity contribution in [2.75, 3.05) is 11.4 Å². The molecule has 1 heterocycles. The van der Waals surface area contributed by atoms with E-state index in [0.29, 0.717) is 0 Å². The minimum absolute atomic E-state index is 0.0819. The number of carboxylic acid groups (broad SMARTS) is 1. The summed E-state index contributed by atoms with van der Waals surface area (Å²) in [5.41, 5.74) is 0.798. The molecule has 2 aromatic carbocycles. The van der Waals surface area contributed by atoms with Crippen LogP contribution in [0.1, 0.15) is 6.42 Å². The van der Waals surface area contributed by atoms with Crippen molar-refractivity contribution in [2.24, 2.45) is 5.92 Å². The van der Waals surface area contributed by atoms with E-state index < -0.39 is 11.9 Å². The highest BCUT2D eigenvalue weighted by molar-refractivity contribution is 6.06. The number of aliphatic carboxylic acids is 1. The minimum atomic E-state index is -0.906. The lowest BCUT2D eigenvalue weighted by molar-refractivity contribution is -0.141. The third kappa shape index (κ3) is 1.95. The summed E-state index contributed by atoms with van der Waals surface area (Å²) in [4.78, 5) is 24.6. The lowest BCUT2D eigenvalue weighted by Crippen LogP contribution is -2.25. The van der Waals surface area contributed by atoms with Gasteiger partial charge in [-0.1, -0.05) is 36.4 Å². The molecule has 1 aliphatic rings. The summed E-state index contributed by atoms with van der Waals surface area (Å²) in [6.45, 7) is 0.252. The third-order valence-corrected chi connectivity index (χ3v) is 3.53. The van der Waals surface area contributed by atoms with E-state index in [9.17, 15) is 9.59 Å². The van der Waals surface area contributed by atoms with E-state index in [2.05, 4.69) is 0 Å². The van der Waals surface area contributed by atoms with E-state index in [1.807, 2.05) is 42.5 Å². The van der Waals surface area contributed by atoms with Gasteiger partial charge in [0.2, 0.25) is 5.91 Å². The van der Waals surface area contributed by atoms with Gasteiger partial charge in [-0.3, -0.25) is 9.59 Å². The maximum atomic E-state index is 12.0. The molecule has 2 aromatic rings. The van der Waals surface area contributed by atoms with Crippen LogP contribution in [-0.2, 0) is 9.59 Å². The molecular formula is C15H13NO3. The van der Waals surface area contributed by atoms with Crippen molar-refractivity contribution in [1.29, 1.82) is 0 Å². The van der Waals surface area contributed by atoms with Gasteiger partial charge in [0.1, 0.15) is 0 Å². The highest BCUT2D eigenvalue weighted by Crippen LogP contribution is 2.31. The van der Waals surface area contributed by atoms with Crippen LogP contribution >= 0.6 is 0 Å². The van der Waals surface area contributed by atoms with Crippen molar-refractivity contribution in [3.05, 3.63) is 42.5 Å². The number of nitrogens with zero attached hydrogens (tertiary/aromatic N) is 1. The molecule has 4 heteroatoms. The van der Waals surface area contributed by atoms with Crippen molar-refractivity contribution in [2.45, 2.75) is 6.42 Å². The number of carboxylic acids is 1. The predicted molar refractivity (Wildman–Crippen MR) is 72.0 cm³/mol. The number of carbonyl (C=O) groups excluding carboxylic acids is 1. The summed E-state index contributed by atoms with van der Waals surface area (Å²) < 4.78 is 0. The molecule has 1 atom stereocenters. The molecule has 0 saturated carbocycles. The molecule has 1 saturated heterocycles. The molecule has 4 nitrogen and oxygen atoms in total. The number of fused-ring (bicyclic) bond motifs is 1. The standard InChI is InChI=1S/C15H13NO3/c17-14-8-11(15(18)19)9-16(14)13-7-3-5-10-4-1-2-6-12(10)13/h1-7,11H,8-9H2,(H,18,19)/t11-/m1/s1. The maximum Gasteiger partial charge on any atom is 0.308 e. The number of amides is 1. The Bertz CT molecular complexity index is 660. The Kier molecular flexibility index (Phi) is 2.71. The number of hydrogen-bond donors (Lipinski definition) is 1. The summed E-state index contributed by atoms with van der Waals surface area (Å²) in [7, 11) is 0. The van der Waals surface area contributed by atoms with E-state index in [-0.39, 0.29) is 18.9 Å². The van der Waals surface area contributed by atoms with Gasteiger partial charge in [-0.25, -0.2) is 0 Å². The largest absolute Gasteiger partial charge is 0.481 e. The fourth-order valence-electron chi connectivity index (χ4n) is 2.55. The molecule has 0 spiro atoms. The topological polar surface area (TPSA) is 57.6 Å². The second kappa shape index (κ2) is 4.39. The van der Waals surface area contributed by atoms with Crippen LogP contribution in [0.3, 0.4) is 0 Å². The quantitative estimate of drug-likeness (QED) is 0.895. The van der Waals surface area contributed by atoms with Crippen molar-refractivity contribution in [1.82, 2.24) is 0 Å². The molecule has 0 unspecified atom stereocenters. The maximum absolute atomic E-state index is 12.0. The van der Waals surface area contributed by atoms with Gasteiger partial charge in [-0.05, 0) is 11.5 Å². The van der Waals surface area contributed by atoms with Crippen molar-refractivity contribution in [3.8, 4) is 0 Å². The first-order valence-corrected chi connectivity index (χ1v) is 6.18. The molecule has 1 aliphatic heterocycles. The van der Waals surface area contributed by atoms with Gasteiger partial charge in [0.15, 0.2) is 0 Å². The first kappa shape index (κ1) is 11.7. The smallest absolute Gasteiger partial charge is 0.308 e. The summed E-state index contributed by atoms with van der Waals surface area (Å²) >= 11 is 0. The lowest BCUT2D eigenvalue weighted by atomic mass is 10.1. The van der Waals surface area contributed by atoms with E-state index in [1.165, 1.54) is 0 Å². The Morgan fingerprint density at radius 3 is 2.63 bits per heavy atom. The number of carbonyl (C=O) groups is 2. The fraction of sp³-hybridized carbons (Fsp3) is 0.200. The van der Waals surface area contributed by atoms with Gasteiger partial charge in [-0.2, -0.15) is 0 Å². The Morgan fingerprint density at radius 1 is 1.16 bits per heavy atom. The summed E-state index contributed by atoms with van der Waals surface area (Å²) in [5.74, 6) is -1.63. The number of anilines is 1. The van der Waals surface area contributed by atoms with Crippen LogP contribution in [0.5, 0.6) is 0 Å². The van der Waals surface area contributed by atoms with Crippen LogP contribution in [0.15, 0.2) is 42.5 Å². The summed E-state index contributed by atoms with van der Waals surface area (Å²) in [5, 5.41) is 11.1. The molecule has 1 N–H and O–H groups in total. The molecule has 96 valence electrons. The molecule has 19 heavy (non-hydrogen) atoms. The van der Waals surface area contributed by atoms with Crippen molar-refractivity contribution < 1.29 is 14.7 Å². The number of rotatable bonds is 2. The zero-order valence-corrected chi connectivity index (χ0v) is 10.2. The summed E-state index contributed by atoms with van der Waals surface area (Å²) in [6.07, 6.45) is 0.0819. The van der Waals surface area contributed by atoms with E-state index in [1.54, 1.807) is 4.90 Å². The number of benzene rings is 2. The molecule has 1 amide bonds. The average molecular weight is 255 g/mol. The Labute approximate surface area is 110 Å². The van der Waals surface area contributed by atoms with Crippen LogP contribution in [0.4, 0.5) is 5.69 Å². The van der Waals surface area contributed by atoms with Gasteiger partial charge in [-0.15, -0.1) is 0 Å². The molecule has 1 fully saturated rings. The average Bonchev–Trinajstić information content (AvgIpc) is 2.80. The normalized spacial score (nSPS) is 19.1. The first-order chi connectivity index (χ1) is 9.16. The highest BCUT2D eigenvalue weighted by Gasteiger charge is 2.35. The SMILES string of the molecule is O=C(O)[C@@H]1CC(=O)N(c2cccc3ccccc23)C1. The molecule has 0 aromatic heterocycles. The lowest BCUT2D eigenvalue weighted by Gasteiger charge is -2.18. The fourth-order valence-corrected chi connectivity index (χ4v) is 2.55.